The minimum absolute atomic E-state index is 0.0837. The van der Waals surface area contributed by atoms with Gasteiger partial charge in [0.15, 0.2) is 11.8 Å². The molecule has 1 aromatic carbocycles. The third kappa shape index (κ3) is 2.09. The Balaban J connectivity index is 2.00. The number of fused-ring (bicyclic) bond motifs is 3. The maximum atomic E-state index is 6.33. The first-order valence-corrected chi connectivity index (χ1v) is 8.36. The molecule has 1 aliphatic heterocycles. The first kappa shape index (κ1) is 15.1. The van der Waals surface area contributed by atoms with Crippen LogP contribution < -0.4 is 15.8 Å². The lowest BCUT2D eigenvalue weighted by atomic mass is 9.51. The summed E-state index contributed by atoms with van der Waals surface area (Å²) in [7, 11) is 4.24. The molecule has 120 valence electrons. The van der Waals surface area contributed by atoms with Gasteiger partial charge in [0.25, 0.3) is 0 Å². The van der Waals surface area contributed by atoms with Crippen molar-refractivity contribution >= 4 is 34.6 Å². The maximum absolute atomic E-state index is 6.33. The van der Waals surface area contributed by atoms with E-state index in [0.717, 1.165) is 11.2 Å². The van der Waals surface area contributed by atoms with Gasteiger partial charge in [0.2, 0.25) is 0 Å². The summed E-state index contributed by atoms with van der Waals surface area (Å²) in [6.45, 7) is 6.57. The topological polar surface area (TPSA) is 20.3 Å². The second-order valence-electron chi connectivity index (χ2n) is 6.89. The van der Waals surface area contributed by atoms with E-state index >= 15 is 0 Å². The van der Waals surface area contributed by atoms with Gasteiger partial charge in [0, 0.05) is 22.6 Å². The van der Waals surface area contributed by atoms with E-state index in [0.29, 0.717) is 0 Å². The van der Waals surface area contributed by atoms with E-state index in [9.17, 15) is 0 Å². The molecule has 0 N–H and O–H groups in total. The second-order valence-corrected chi connectivity index (χ2v) is 6.89. The molecule has 4 heteroatoms. The van der Waals surface area contributed by atoms with Crippen LogP contribution in [-0.2, 0) is 7.05 Å². The van der Waals surface area contributed by atoms with Gasteiger partial charge in [0.05, 0.1) is 0 Å². The summed E-state index contributed by atoms with van der Waals surface area (Å²) in [6, 6.07) is 10.6. The maximum Gasteiger partial charge on any atom is 0.443 e. The first-order valence-electron chi connectivity index (χ1n) is 8.36. The number of allylic oxidation sites excluding steroid dienone is 1. The van der Waals surface area contributed by atoms with Crippen molar-refractivity contribution in [3.63, 3.8) is 0 Å². The number of para-hydroxylation sites is 1. The summed E-state index contributed by atoms with van der Waals surface area (Å²) in [4.78, 5) is 2.25. The van der Waals surface area contributed by atoms with Gasteiger partial charge in [-0.1, -0.05) is 18.2 Å². The summed E-state index contributed by atoms with van der Waals surface area (Å²) in [5.41, 5.74) is 8.34. The molecule has 2 aromatic heterocycles. The molecule has 1 aliphatic rings. The van der Waals surface area contributed by atoms with E-state index in [-0.39, 0.29) is 6.85 Å². The zero-order chi connectivity index (χ0) is 17.0. The summed E-state index contributed by atoms with van der Waals surface area (Å²) >= 11 is 0. The summed E-state index contributed by atoms with van der Waals surface area (Å²) < 4.78 is 8.54. The van der Waals surface area contributed by atoms with Crippen molar-refractivity contribution < 1.29 is 8.98 Å². The second kappa shape index (κ2) is 5.27. The number of nitrogens with zero attached hydrogens (tertiary/aromatic N) is 2. The Bertz CT molecular complexity index is 987. The van der Waals surface area contributed by atoms with Crippen LogP contribution in [0.3, 0.4) is 0 Å². The highest BCUT2D eigenvalue weighted by atomic mass is 16.3. The lowest BCUT2D eigenvalue weighted by Gasteiger charge is -2.26. The zero-order valence-corrected chi connectivity index (χ0v) is 14.9. The van der Waals surface area contributed by atoms with E-state index in [1.807, 2.05) is 6.07 Å². The van der Waals surface area contributed by atoms with E-state index < -0.39 is 0 Å². The zero-order valence-electron chi connectivity index (χ0n) is 14.9. The normalized spacial score (nSPS) is 14.1. The molecule has 0 atom stereocenters. The Morgan fingerprint density at radius 2 is 1.83 bits per heavy atom. The number of rotatable bonds is 1. The van der Waals surface area contributed by atoms with Crippen molar-refractivity contribution in [3.8, 4) is 0 Å². The van der Waals surface area contributed by atoms with Gasteiger partial charge in [-0.05, 0) is 51.2 Å². The molecule has 0 amide bonds. The summed E-state index contributed by atoms with van der Waals surface area (Å²) in [5.74, 6) is 0. The quantitative estimate of drug-likeness (QED) is 0.507. The number of pyridine rings is 1. The Kier molecular flexibility index (Phi) is 3.31. The molecule has 0 fully saturated rings. The molecule has 3 nitrogen and oxygen atoms in total. The predicted molar refractivity (Wildman–Crippen MR) is 99.7 cm³/mol. The Labute approximate surface area is 143 Å². The first-order chi connectivity index (χ1) is 11.5. The van der Waals surface area contributed by atoms with Crippen LogP contribution in [0.4, 0.5) is 0 Å². The van der Waals surface area contributed by atoms with Crippen LogP contribution >= 0.6 is 0 Å². The van der Waals surface area contributed by atoms with Crippen LogP contribution in [0.15, 0.2) is 47.1 Å². The standard InChI is InChI=1S/C20H22BN2O/c1-13-10-18(22(4)11-14(13)2)21-20-19(15(3)12-23(21)5)16-8-6-7-9-17(16)24-20/h6-12H,1-5H3/q+1. The predicted octanol–water partition coefficient (Wildman–Crippen LogP) is 2.29. The van der Waals surface area contributed by atoms with Crippen LogP contribution in [0.25, 0.3) is 16.5 Å². The molecule has 3 heterocycles. The van der Waals surface area contributed by atoms with Gasteiger partial charge >= 0.3 is 6.85 Å². The van der Waals surface area contributed by atoms with Gasteiger partial charge in [-0.15, -0.1) is 0 Å². The van der Waals surface area contributed by atoms with Crippen molar-refractivity contribution in [2.24, 2.45) is 7.05 Å². The lowest BCUT2D eigenvalue weighted by molar-refractivity contribution is -0.654. The number of hydrogen-bond acceptors (Lipinski definition) is 2. The van der Waals surface area contributed by atoms with Gasteiger partial charge < -0.3 is 9.23 Å². The largest absolute Gasteiger partial charge is 0.467 e. The van der Waals surface area contributed by atoms with E-state index in [1.165, 1.54) is 33.2 Å². The average molecular weight is 317 g/mol. The Hall–Kier alpha value is -2.49. The number of furan rings is 1. The molecule has 0 radical (unpaired) electrons. The highest BCUT2D eigenvalue weighted by Crippen LogP contribution is 2.29. The molecular weight excluding hydrogens is 295 g/mol. The number of hydrogen-bond donors (Lipinski definition) is 0. The number of aryl methyl sites for hydroxylation is 3. The molecule has 0 saturated carbocycles. The lowest BCUT2D eigenvalue weighted by Crippen LogP contribution is -2.65. The summed E-state index contributed by atoms with van der Waals surface area (Å²) in [6.07, 6.45) is 4.43. The molecule has 0 spiro atoms. The van der Waals surface area contributed by atoms with Gasteiger partial charge in [-0.25, -0.2) is 4.57 Å². The average Bonchev–Trinajstić information content (AvgIpc) is 2.91. The fourth-order valence-corrected chi connectivity index (χ4v) is 3.81. The van der Waals surface area contributed by atoms with Crippen molar-refractivity contribution in [1.29, 1.82) is 0 Å². The van der Waals surface area contributed by atoms with Crippen LogP contribution in [0, 0.1) is 13.8 Å². The highest BCUT2D eigenvalue weighted by Gasteiger charge is 2.41. The van der Waals surface area contributed by atoms with E-state index in [1.54, 1.807) is 0 Å². The fraction of sp³-hybridized carbons (Fsp3) is 0.250. The van der Waals surface area contributed by atoms with Crippen molar-refractivity contribution in [1.82, 2.24) is 4.81 Å². The molecular formula is C20H22BN2O+. The minimum Gasteiger partial charge on any atom is -0.467 e. The van der Waals surface area contributed by atoms with Gasteiger partial charge in [0.1, 0.15) is 18.3 Å². The molecule has 0 aliphatic carbocycles. The van der Waals surface area contributed by atoms with Crippen LogP contribution in [0.2, 0.25) is 0 Å². The van der Waals surface area contributed by atoms with Gasteiger partial charge in [-0.2, -0.15) is 0 Å². The van der Waals surface area contributed by atoms with Crippen molar-refractivity contribution in [3.05, 3.63) is 59.4 Å². The molecule has 0 bridgehead atoms. The van der Waals surface area contributed by atoms with Crippen molar-refractivity contribution in [2.75, 3.05) is 7.05 Å². The smallest absolute Gasteiger partial charge is 0.443 e. The van der Waals surface area contributed by atoms with E-state index in [2.05, 4.69) is 80.9 Å². The SMILES string of the molecule is CC1=CN(C)B(c2cc(C)c(C)c[n+]2C)c2oc3ccccc3c21. The minimum atomic E-state index is 0.0837. The third-order valence-electron chi connectivity index (χ3n) is 5.13. The van der Waals surface area contributed by atoms with E-state index in [4.69, 9.17) is 4.42 Å². The third-order valence-corrected chi connectivity index (χ3v) is 5.13. The highest BCUT2D eigenvalue weighted by molar-refractivity contribution is 6.82. The van der Waals surface area contributed by atoms with Crippen LogP contribution in [-0.4, -0.2) is 18.7 Å². The molecule has 4 rings (SSSR count). The fourth-order valence-electron chi connectivity index (χ4n) is 3.81. The van der Waals surface area contributed by atoms with Gasteiger partial charge in [-0.3, -0.25) is 0 Å². The summed E-state index contributed by atoms with van der Waals surface area (Å²) in [5, 5.41) is 1.20. The number of benzene rings is 1. The Morgan fingerprint density at radius 1 is 1.08 bits per heavy atom. The molecule has 24 heavy (non-hydrogen) atoms. The molecule has 3 aromatic rings. The Morgan fingerprint density at radius 3 is 2.62 bits per heavy atom. The number of aromatic nitrogens is 1. The molecule has 0 unspecified atom stereocenters. The van der Waals surface area contributed by atoms with Crippen LogP contribution in [0.1, 0.15) is 23.6 Å². The molecule has 0 saturated heterocycles. The van der Waals surface area contributed by atoms with Crippen LogP contribution in [0.5, 0.6) is 0 Å². The van der Waals surface area contributed by atoms with Crippen molar-refractivity contribution in [2.45, 2.75) is 20.8 Å². The monoisotopic (exact) mass is 317 g/mol.